The number of hydrogen-bond donors (Lipinski definition) is 6. The van der Waals surface area contributed by atoms with Crippen LogP contribution in [0, 0.1) is 0 Å². The minimum absolute atomic E-state index is 0.00309. The van der Waals surface area contributed by atoms with Crippen molar-refractivity contribution in [3.05, 3.63) is 48.0 Å². The largest absolute Gasteiger partial charge is 0.399 e. The molecule has 0 bridgehead atoms. The molecule has 160 valence electrons. The molecule has 0 atom stereocenters. The van der Waals surface area contributed by atoms with Crippen LogP contribution in [0.1, 0.15) is 5.56 Å². The lowest BCUT2D eigenvalue weighted by molar-refractivity contribution is 0.280. The average molecular weight is 405 g/mol. The van der Waals surface area contributed by atoms with Crippen LogP contribution in [0.5, 0.6) is 0 Å². The summed E-state index contributed by atoms with van der Waals surface area (Å²) in [6, 6.07) is 13.4. The molecule has 0 unspecified atom stereocenters. The Morgan fingerprint density at radius 2 is 1.28 bits per heavy atom. The molecule has 0 spiro atoms. The zero-order chi connectivity index (χ0) is 21.1. The molecule has 0 radical (unpaired) electrons. The molecule has 8 nitrogen and oxygen atoms in total. The third-order valence-electron chi connectivity index (χ3n) is 4.64. The first kappa shape index (κ1) is 22.8. The van der Waals surface area contributed by atoms with Crippen LogP contribution in [-0.2, 0) is 6.54 Å². The fraction of sp³-hybridized carbons (Fsp3) is 0.429. The third-order valence-corrected chi connectivity index (χ3v) is 4.64. The highest BCUT2D eigenvalue weighted by molar-refractivity contribution is 5.62. The van der Waals surface area contributed by atoms with E-state index < -0.39 is 0 Å². The molecular formula is C21H32N4O4. The second-order valence-corrected chi connectivity index (χ2v) is 6.66. The van der Waals surface area contributed by atoms with Crippen molar-refractivity contribution in [2.45, 2.75) is 6.54 Å². The molecule has 29 heavy (non-hydrogen) atoms. The summed E-state index contributed by atoms with van der Waals surface area (Å²) in [4.78, 5) is 3.85. The summed E-state index contributed by atoms with van der Waals surface area (Å²) in [5.41, 5.74) is 10.4. The minimum atomic E-state index is -0.00309. The highest BCUT2D eigenvalue weighted by atomic mass is 16.3. The average Bonchev–Trinajstić information content (AvgIpc) is 2.72. The van der Waals surface area contributed by atoms with Crippen molar-refractivity contribution in [2.75, 3.05) is 73.5 Å². The number of nitrogens with zero attached hydrogens (tertiary/aromatic N) is 2. The van der Waals surface area contributed by atoms with Crippen LogP contribution in [0.25, 0.3) is 0 Å². The molecular weight excluding hydrogens is 372 g/mol. The quantitative estimate of drug-likeness (QED) is 0.266. The number of aliphatic hydroxyl groups is 4. The van der Waals surface area contributed by atoms with Gasteiger partial charge < -0.3 is 41.3 Å². The Morgan fingerprint density at radius 1 is 0.724 bits per heavy atom. The molecule has 2 aromatic rings. The summed E-state index contributed by atoms with van der Waals surface area (Å²) < 4.78 is 0. The summed E-state index contributed by atoms with van der Waals surface area (Å²) in [7, 11) is 0. The van der Waals surface area contributed by atoms with Crippen molar-refractivity contribution >= 4 is 22.7 Å². The van der Waals surface area contributed by atoms with Gasteiger partial charge in [0, 0.05) is 55.5 Å². The molecule has 2 aromatic carbocycles. The van der Waals surface area contributed by atoms with Crippen LogP contribution in [0.3, 0.4) is 0 Å². The maximum Gasteiger partial charge on any atom is 0.0606 e. The summed E-state index contributed by atoms with van der Waals surface area (Å²) in [6.45, 7) is 2.36. The molecule has 8 heteroatoms. The van der Waals surface area contributed by atoms with Crippen LogP contribution in [0.2, 0.25) is 0 Å². The van der Waals surface area contributed by atoms with Gasteiger partial charge in [-0.05, 0) is 48.0 Å². The first-order valence-corrected chi connectivity index (χ1v) is 9.78. The fourth-order valence-electron chi connectivity index (χ4n) is 3.25. The van der Waals surface area contributed by atoms with Crippen LogP contribution in [0.15, 0.2) is 42.5 Å². The maximum absolute atomic E-state index is 9.33. The molecule has 0 aliphatic rings. The number of nitrogens with one attached hydrogen (secondary N) is 1. The van der Waals surface area contributed by atoms with Crippen LogP contribution in [-0.4, -0.2) is 73.0 Å². The summed E-state index contributed by atoms with van der Waals surface area (Å²) in [5.74, 6) is 0. The Bertz CT molecular complexity index is 715. The van der Waals surface area contributed by atoms with E-state index in [2.05, 4.69) is 5.32 Å². The topological polar surface area (TPSA) is 125 Å². The van der Waals surface area contributed by atoms with Gasteiger partial charge in [0.05, 0.1) is 26.4 Å². The molecule has 0 amide bonds. The zero-order valence-corrected chi connectivity index (χ0v) is 16.7. The maximum atomic E-state index is 9.33. The smallest absolute Gasteiger partial charge is 0.0606 e. The SMILES string of the molecule is Nc1ccc(N(CCO)CCO)c(CNc2ccc(N(CCO)CCO)cc2)c1. The van der Waals surface area contributed by atoms with Gasteiger partial charge in [-0.2, -0.15) is 0 Å². The van der Waals surface area contributed by atoms with E-state index in [0.717, 1.165) is 22.6 Å². The molecule has 2 rings (SSSR count). The monoisotopic (exact) mass is 404 g/mol. The van der Waals surface area contributed by atoms with Gasteiger partial charge in [0.15, 0.2) is 0 Å². The highest BCUT2D eigenvalue weighted by Gasteiger charge is 2.11. The summed E-state index contributed by atoms with van der Waals surface area (Å²) >= 11 is 0. The standard InChI is InChI=1S/C21H32N4O4/c22-18-1-6-21(25(9-13-28)10-14-29)17(15-18)16-23-19-2-4-20(5-3-19)24(7-11-26)8-12-27/h1-6,15,23,26-29H,7-14,16,22H2. The second kappa shape index (κ2) is 12.1. The van der Waals surface area contributed by atoms with Crippen LogP contribution >= 0.6 is 0 Å². The Balaban J connectivity index is 2.11. The Morgan fingerprint density at radius 3 is 1.83 bits per heavy atom. The van der Waals surface area contributed by atoms with Gasteiger partial charge >= 0.3 is 0 Å². The molecule has 0 saturated heterocycles. The van der Waals surface area contributed by atoms with Crippen LogP contribution < -0.4 is 20.9 Å². The van der Waals surface area contributed by atoms with E-state index in [9.17, 15) is 20.4 Å². The number of anilines is 4. The van der Waals surface area contributed by atoms with E-state index in [1.54, 1.807) is 0 Å². The van der Waals surface area contributed by atoms with Gasteiger partial charge in [-0.25, -0.2) is 0 Å². The fourth-order valence-corrected chi connectivity index (χ4v) is 3.25. The van der Waals surface area contributed by atoms with Crippen molar-refractivity contribution in [1.82, 2.24) is 0 Å². The summed E-state index contributed by atoms with van der Waals surface area (Å²) in [6.07, 6.45) is 0. The lowest BCUT2D eigenvalue weighted by Gasteiger charge is -2.26. The predicted molar refractivity (Wildman–Crippen MR) is 117 cm³/mol. The van der Waals surface area contributed by atoms with Gasteiger partial charge in [-0.3, -0.25) is 0 Å². The van der Waals surface area contributed by atoms with Crippen molar-refractivity contribution in [3.63, 3.8) is 0 Å². The first-order chi connectivity index (χ1) is 14.1. The number of hydrogen-bond acceptors (Lipinski definition) is 8. The Hall–Kier alpha value is -2.52. The van der Waals surface area contributed by atoms with Gasteiger partial charge in [0.1, 0.15) is 0 Å². The van der Waals surface area contributed by atoms with Crippen molar-refractivity contribution in [2.24, 2.45) is 0 Å². The lowest BCUT2D eigenvalue weighted by atomic mass is 10.1. The van der Waals surface area contributed by atoms with E-state index in [0.29, 0.717) is 38.4 Å². The molecule has 7 N–H and O–H groups in total. The molecule has 0 fully saturated rings. The molecule has 0 aromatic heterocycles. The third kappa shape index (κ3) is 6.79. The van der Waals surface area contributed by atoms with Gasteiger partial charge in [0.25, 0.3) is 0 Å². The zero-order valence-electron chi connectivity index (χ0n) is 16.7. The second-order valence-electron chi connectivity index (χ2n) is 6.66. The van der Waals surface area contributed by atoms with Crippen molar-refractivity contribution < 1.29 is 20.4 Å². The molecule has 0 aliphatic heterocycles. The van der Waals surface area contributed by atoms with E-state index in [1.807, 2.05) is 52.3 Å². The predicted octanol–water partition coefficient (Wildman–Crippen LogP) is 0.463. The number of nitrogen functional groups attached to an aromatic ring is 1. The molecule has 0 aliphatic carbocycles. The van der Waals surface area contributed by atoms with Gasteiger partial charge in [0.2, 0.25) is 0 Å². The number of benzene rings is 2. The van der Waals surface area contributed by atoms with E-state index >= 15 is 0 Å². The highest BCUT2D eigenvalue weighted by Crippen LogP contribution is 2.25. The normalized spacial score (nSPS) is 10.8. The first-order valence-electron chi connectivity index (χ1n) is 9.78. The number of aliphatic hydroxyl groups excluding tert-OH is 4. The number of nitrogens with two attached hydrogens (primary N) is 1. The van der Waals surface area contributed by atoms with E-state index in [1.165, 1.54) is 0 Å². The lowest BCUT2D eigenvalue weighted by Crippen LogP contribution is -2.30. The van der Waals surface area contributed by atoms with Gasteiger partial charge in [-0.1, -0.05) is 0 Å². The molecule has 0 heterocycles. The van der Waals surface area contributed by atoms with Crippen molar-refractivity contribution in [3.8, 4) is 0 Å². The minimum Gasteiger partial charge on any atom is -0.399 e. The Kier molecular flexibility index (Phi) is 9.52. The van der Waals surface area contributed by atoms with Crippen molar-refractivity contribution in [1.29, 1.82) is 0 Å². The van der Waals surface area contributed by atoms with Crippen LogP contribution in [0.4, 0.5) is 22.7 Å². The van der Waals surface area contributed by atoms with E-state index in [4.69, 9.17) is 5.73 Å². The Labute approximate surface area is 171 Å². The van der Waals surface area contributed by atoms with Gasteiger partial charge in [-0.15, -0.1) is 0 Å². The molecule has 0 saturated carbocycles. The number of rotatable bonds is 13. The summed E-state index contributed by atoms with van der Waals surface area (Å²) in [5, 5.41) is 40.4. The van der Waals surface area contributed by atoms with E-state index in [-0.39, 0.29) is 26.4 Å².